The largest absolute Gasteiger partial charge is 0.378 e. The molecular weight excluding hydrogens is 322 g/mol. The number of piperidine rings is 1. The summed E-state index contributed by atoms with van der Waals surface area (Å²) in [4.78, 5) is 19.3. The number of amides is 2. The van der Waals surface area contributed by atoms with Crippen molar-refractivity contribution in [1.82, 2.24) is 15.2 Å². The lowest BCUT2D eigenvalue weighted by atomic mass is 9.90. The minimum Gasteiger partial charge on any atom is -0.378 e. The molecule has 0 aromatic carbocycles. The Morgan fingerprint density at radius 1 is 1.33 bits per heavy atom. The third-order valence-corrected chi connectivity index (χ3v) is 6.64. The van der Waals surface area contributed by atoms with Gasteiger partial charge in [-0.1, -0.05) is 0 Å². The van der Waals surface area contributed by atoms with Gasteiger partial charge in [-0.15, -0.1) is 11.3 Å². The van der Waals surface area contributed by atoms with Crippen LogP contribution in [0.2, 0.25) is 0 Å². The number of nitrogens with one attached hydrogen (secondary N) is 1. The first-order chi connectivity index (χ1) is 11.7. The predicted molar refractivity (Wildman–Crippen MR) is 94.1 cm³/mol. The van der Waals surface area contributed by atoms with E-state index in [1.54, 1.807) is 11.3 Å². The third kappa shape index (κ3) is 3.59. The molecule has 1 aromatic heterocycles. The Hall–Kier alpha value is -1.14. The Morgan fingerprint density at radius 2 is 2.12 bits per heavy atom. The maximum absolute atomic E-state index is 12.7. The van der Waals surface area contributed by atoms with E-state index in [1.165, 1.54) is 25.7 Å². The van der Waals surface area contributed by atoms with Crippen LogP contribution in [-0.4, -0.2) is 41.7 Å². The molecule has 1 N–H and O–H groups in total. The number of aromatic nitrogens is 1. The van der Waals surface area contributed by atoms with Crippen LogP contribution in [0.25, 0.3) is 0 Å². The average molecular weight is 350 g/mol. The first kappa shape index (κ1) is 16.3. The van der Waals surface area contributed by atoms with Crippen LogP contribution in [0.5, 0.6) is 0 Å². The summed E-state index contributed by atoms with van der Waals surface area (Å²) < 4.78 is 5.83. The van der Waals surface area contributed by atoms with E-state index in [0.717, 1.165) is 43.2 Å². The van der Waals surface area contributed by atoms with Crippen molar-refractivity contribution in [2.24, 2.45) is 11.8 Å². The second kappa shape index (κ2) is 7.00. The van der Waals surface area contributed by atoms with Crippen LogP contribution < -0.4 is 5.32 Å². The molecule has 1 saturated carbocycles. The van der Waals surface area contributed by atoms with Crippen LogP contribution in [0.3, 0.4) is 0 Å². The number of ether oxygens (including phenoxy) is 1. The van der Waals surface area contributed by atoms with Crippen molar-refractivity contribution in [3.05, 3.63) is 16.1 Å². The van der Waals surface area contributed by atoms with Gasteiger partial charge in [-0.05, 0) is 57.3 Å². The summed E-state index contributed by atoms with van der Waals surface area (Å²) in [5.74, 6) is 1.21. The van der Waals surface area contributed by atoms with Gasteiger partial charge >= 0.3 is 6.03 Å². The predicted octanol–water partition coefficient (Wildman–Crippen LogP) is 3.50. The number of hydrogen-bond acceptors (Lipinski definition) is 4. The number of urea groups is 1. The van der Waals surface area contributed by atoms with Crippen LogP contribution in [0.4, 0.5) is 4.79 Å². The first-order valence-electron chi connectivity index (χ1n) is 9.30. The summed E-state index contributed by atoms with van der Waals surface area (Å²) >= 11 is 1.67. The zero-order valence-electron chi connectivity index (χ0n) is 14.4. The Balaban J connectivity index is 1.32. The van der Waals surface area contributed by atoms with Crippen molar-refractivity contribution in [3.8, 4) is 0 Å². The van der Waals surface area contributed by atoms with Crippen molar-refractivity contribution in [1.29, 1.82) is 0 Å². The third-order valence-electron chi connectivity index (χ3n) is 5.59. The monoisotopic (exact) mass is 349 g/mol. The quantitative estimate of drug-likeness (QED) is 0.905. The van der Waals surface area contributed by atoms with E-state index < -0.39 is 0 Å². The van der Waals surface area contributed by atoms with Crippen LogP contribution >= 0.6 is 11.3 Å². The van der Waals surface area contributed by atoms with Crippen LogP contribution in [0, 0.1) is 18.8 Å². The Labute approximate surface area is 147 Å². The highest BCUT2D eigenvalue weighted by atomic mass is 32.1. The van der Waals surface area contributed by atoms with Gasteiger partial charge < -0.3 is 15.0 Å². The van der Waals surface area contributed by atoms with Gasteiger partial charge in [0, 0.05) is 30.8 Å². The lowest BCUT2D eigenvalue weighted by molar-refractivity contribution is 0.0370. The maximum Gasteiger partial charge on any atom is 0.317 e. The second-order valence-corrected chi connectivity index (χ2v) is 8.36. The SMILES string of the molecule is Cc1csc([C@H](NC(=O)N2CCC([C@H]3CCCO3)CC2)C2CC2)n1. The summed E-state index contributed by atoms with van der Waals surface area (Å²) in [6.45, 7) is 4.64. The fourth-order valence-corrected chi connectivity index (χ4v) is 4.94. The Kier molecular flexibility index (Phi) is 4.77. The van der Waals surface area contributed by atoms with Crippen molar-refractivity contribution >= 4 is 17.4 Å². The molecule has 132 valence electrons. The van der Waals surface area contributed by atoms with Gasteiger partial charge in [0.2, 0.25) is 0 Å². The summed E-state index contributed by atoms with van der Waals surface area (Å²) in [7, 11) is 0. The molecule has 24 heavy (non-hydrogen) atoms. The molecule has 2 saturated heterocycles. The molecule has 1 aromatic rings. The summed E-state index contributed by atoms with van der Waals surface area (Å²) in [5, 5.41) is 6.41. The normalized spacial score (nSPS) is 26.5. The van der Waals surface area contributed by atoms with Crippen molar-refractivity contribution < 1.29 is 9.53 Å². The Morgan fingerprint density at radius 3 is 2.71 bits per heavy atom. The second-order valence-electron chi connectivity index (χ2n) is 7.47. The molecule has 3 fully saturated rings. The maximum atomic E-state index is 12.7. The molecule has 0 spiro atoms. The van der Waals surface area contributed by atoms with E-state index in [-0.39, 0.29) is 12.1 Å². The van der Waals surface area contributed by atoms with Gasteiger partial charge in [0.15, 0.2) is 0 Å². The number of rotatable bonds is 4. The van der Waals surface area contributed by atoms with Gasteiger partial charge in [-0.3, -0.25) is 0 Å². The number of aryl methyl sites for hydroxylation is 1. The molecule has 5 nitrogen and oxygen atoms in total. The molecule has 4 rings (SSSR count). The summed E-state index contributed by atoms with van der Waals surface area (Å²) in [6, 6.07) is 0.192. The molecule has 3 aliphatic rings. The van der Waals surface area contributed by atoms with Crippen LogP contribution in [0.15, 0.2) is 5.38 Å². The van der Waals surface area contributed by atoms with Gasteiger partial charge in [-0.2, -0.15) is 0 Å². The van der Waals surface area contributed by atoms with E-state index in [9.17, 15) is 4.79 Å². The van der Waals surface area contributed by atoms with E-state index in [2.05, 4.69) is 15.7 Å². The van der Waals surface area contributed by atoms with Crippen LogP contribution in [0.1, 0.15) is 55.3 Å². The topological polar surface area (TPSA) is 54.5 Å². The molecule has 2 aliphatic heterocycles. The summed E-state index contributed by atoms with van der Waals surface area (Å²) in [6.07, 6.45) is 7.37. The standard InChI is InChI=1S/C18H27N3O2S/c1-12-11-24-17(19-12)16(14-4-5-14)20-18(22)21-8-6-13(7-9-21)15-3-2-10-23-15/h11,13-16H,2-10H2,1H3,(H,20,22)/t15-,16-/m1/s1. The number of carbonyl (C=O) groups excluding carboxylic acids is 1. The number of likely N-dealkylation sites (tertiary alicyclic amines) is 1. The van der Waals surface area contributed by atoms with Crippen molar-refractivity contribution in [2.75, 3.05) is 19.7 Å². The highest BCUT2D eigenvalue weighted by molar-refractivity contribution is 7.09. The average Bonchev–Trinajstić information content (AvgIpc) is 3.10. The number of thiazole rings is 1. The minimum absolute atomic E-state index is 0.0885. The van der Waals surface area contributed by atoms with Gasteiger partial charge in [0.25, 0.3) is 0 Å². The van der Waals surface area contributed by atoms with E-state index >= 15 is 0 Å². The number of carbonyl (C=O) groups is 1. The molecule has 0 unspecified atom stereocenters. The van der Waals surface area contributed by atoms with E-state index in [1.807, 2.05) is 11.8 Å². The fourth-order valence-electron chi connectivity index (χ4n) is 4.00. The molecule has 3 heterocycles. The lowest BCUT2D eigenvalue weighted by Gasteiger charge is -2.35. The molecule has 2 amide bonds. The van der Waals surface area contributed by atoms with E-state index in [0.29, 0.717) is 17.9 Å². The zero-order chi connectivity index (χ0) is 16.5. The van der Waals surface area contributed by atoms with Gasteiger partial charge in [0.05, 0.1) is 12.1 Å². The first-order valence-corrected chi connectivity index (χ1v) is 10.2. The van der Waals surface area contributed by atoms with E-state index in [4.69, 9.17) is 4.74 Å². The minimum atomic E-state index is 0.0885. The molecule has 6 heteroatoms. The van der Waals surface area contributed by atoms with Crippen LogP contribution in [-0.2, 0) is 4.74 Å². The Bertz CT molecular complexity index is 573. The highest BCUT2D eigenvalue weighted by Gasteiger charge is 2.37. The highest BCUT2D eigenvalue weighted by Crippen LogP contribution is 2.42. The van der Waals surface area contributed by atoms with Crippen molar-refractivity contribution in [3.63, 3.8) is 0 Å². The van der Waals surface area contributed by atoms with Gasteiger partial charge in [-0.25, -0.2) is 9.78 Å². The van der Waals surface area contributed by atoms with Crippen molar-refractivity contribution in [2.45, 2.75) is 57.6 Å². The number of hydrogen-bond donors (Lipinski definition) is 1. The molecule has 0 bridgehead atoms. The zero-order valence-corrected chi connectivity index (χ0v) is 15.2. The number of nitrogens with zero attached hydrogens (tertiary/aromatic N) is 2. The van der Waals surface area contributed by atoms with Gasteiger partial charge in [0.1, 0.15) is 5.01 Å². The summed E-state index contributed by atoms with van der Waals surface area (Å²) in [5.41, 5.74) is 1.05. The molecule has 1 aliphatic carbocycles. The molecular formula is C18H27N3O2S. The molecule has 2 atom stereocenters. The lowest BCUT2D eigenvalue weighted by Crippen LogP contribution is -2.47. The molecule has 0 radical (unpaired) electrons. The fraction of sp³-hybridized carbons (Fsp3) is 0.778. The smallest absolute Gasteiger partial charge is 0.317 e.